The smallest absolute Gasteiger partial charge is 0.256 e. The third-order valence-electron chi connectivity index (χ3n) is 2.49. The molecule has 1 aromatic carbocycles. The first-order chi connectivity index (χ1) is 8.58. The van der Waals surface area contributed by atoms with Crippen molar-refractivity contribution in [1.29, 1.82) is 0 Å². The lowest BCUT2D eigenvalue weighted by atomic mass is 10.1. The lowest BCUT2D eigenvalue weighted by molar-refractivity contribution is 0.102. The lowest BCUT2D eigenvalue weighted by Crippen LogP contribution is -2.15. The molecule has 6 heteroatoms. The van der Waals surface area contributed by atoms with Crippen molar-refractivity contribution in [2.45, 2.75) is 0 Å². The summed E-state index contributed by atoms with van der Waals surface area (Å²) in [7, 11) is 1.76. The van der Waals surface area contributed by atoms with Crippen LogP contribution in [0.2, 0.25) is 0 Å². The highest BCUT2D eigenvalue weighted by atomic mass is 32.1. The van der Waals surface area contributed by atoms with Gasteiger partial charge in [0.05, 0.1) is 6.20 Å². The van der Waals surface area contributed by atoms with Crippen LogP contribution in [0.5, 0.6) is 0 Å². The molecule has 0 atom stereocenters. The van der Waals surface area contributed by atoms with Crippen LogP contribution in [0.15, 0.2) is 36.5 Å². The van der Waals surface area contributed by atoms with Crippen molar-refractivity contribution < 1.29 is 4.79 Å². The van der Waals surface area contributed by atoms with Crippen LogP contribution in [0.3, 0.4) is 0 Å². The zero-order valence-corrected chi connectivity index (χ0v) is 10.6. The van der Waals surface area contributed by atoms with Crippen LogP contribution in [0, 0.1) is 0 Å². The van der Waals surface area contributed by atoms with Gasteiger partial charge in [0.15, 0.2) is 0 Å². The second-order valence-electron chi connectivity index (χ2n) is 3.74. The van der Waals surface area contributed by atoms with Gasteiger partial charge in [-0.3, -0.25) is 9.48 Å². The van der Waals surface area contributed by atoms with Gasteiger partial charge in [-0.25, -0.2) is 0 Å². The van der Waals surface area contributed by atoms with E-state index in [0.717, 1.165) is 5.56 Å². The number of anilines is 1. The number of thiocarbonyl (C=S) groups is 1. The van der Waals surface area contributed by atoms with E-state index in [1.807, 2.05) is 0 Å². The summed E-state index contributed by atoms with van der Waals surface area (Å²) in [5, 5.41) is 6.72. The normalized spacial score (nSPS) is 10.1. The number of aromatic nitrogens is 2. The zero-order valence-electron chi connectivity index (χ0n) is 9.75. The Hall–Kier alpha value is -2.21. The maximum atomic E-state index is 11.9. The monoisotopic (exact) mass is 260 g/mol. The molecule has 1 aromatic heterocycles. The van der Waals surface area contributed by atoms with Gasteiger partial charge in [0.2, 0.25) is 0 Å². The van der Waals surface area contributed by atoms with E-state index in [4.69, 9.17) is 18.0 Å². The van der Waals surface area contributed by atoms with Crippen LogP contribution in [0.25, 0.3) is 0 Å². The summed E-state index contributed by atoms with van der Waals surface area (Å²) in [6.45, 7) is 0. The van der Waals surface area contributed by atoms with Gasteiger partial charge in [0, 0.05) is 24.2 Å². The Morgan fingerprint density at radius 3 is 2.39 bits per heavy atom. The maximum Gasteiger partial charge on any atom is 0.256 e. The summed E-state index contributed by atoms with van der Waals surface area (Å²) in [6.07, 6.45) is 1.62. The number of nitrogens with one attached hydrogen (secondary N) is 1. The van der Waals surface area contributed by atoms with E-state index in [0.29, 0.717) is 16.4 Å². The molecule has 3 N–H and O–H groups in total. The molecule has 0 unspecified atom stereocenters. The second kappa shape index (κ2) is 4.97. The molecular weight excluding hydrogens is 248 g/mol. The van der Waals surface area contributed by atoms with Crippen molar-refractivity contribution in [2.24, 2.45) is 12.8 Å². The molecule has 1 amide bonds. The fourth-order valence-electron chi connectivity index (χ4n) is 1.47. The molecule has 5 nitrogen and oxygen atoms in total. The number of hydrogen-bond donors (Lipinski definition) is 2. The summed E-state index contributed by atoms with van der Waals surface area (Å²) in [6, 6.07) is 8.53. The van der Waals surface area contributed by atoms with Gasteiger partial charge in [-0.1, -0.05) is 24.4 Å². The third kappa shape index (κ3) is 2.54. The van der Waals surface area contributed by atoms with Gasteiger partial charge in [-0.05, 0) is 12.1 Å². The Balaban J connectivity index is 2.14. The van der Waals surface area contributed by atoms with Crippen LogP contribution in [0.1, 0.15) is 15.9 Å². The van der Waals surface area contributed by atoms with Gasteiger partial charge in [-0.15, -0.1) is 0 Å². The Kier molecular flexibility index (Phi) is 3.38. The second-order valence-corrected chi connectivity index (χ2v) is 4.18. The SMILES string of the molecule is Cn1nccc1NC(=O)c1ccc(C(N)=S)cc1. The van der Waals surface area contributed by atoms with E-state index >= 15 is 0 Å². The van der Waals surface area contributed by atoms with E-state index in [9.17, 15) is 4.79 Å². The average molecular weight is 260 g/mol. The molecule has 0 radical (unpaired) electrons. The Bertz CT molecular complexity index is 588. The van der Waals surface area contributed by atoms with Gasteiger partial charge in [0.25, 0.3) is 5.91 Å². The molecular formula is C12H12N4OS. The van der Waals surface area contributed by atoms with E-state index in [1.165, 1.54) is 0 Å². The summed E-state index contributed by atoms with van der Waals surface area (Å²) in [4.78, 5) is 12.2. The number of nitrogens with zero attached hydrogens (tertiary/aromatic N) is 2. The van der Waals surface area contributed by atoms with Crippen LogP contribution < -0.4 is 11.1 Å². The molecule has 0 fully saturated rings. The Morgan fingerprint density at radius 1 is 1.28 bits per heavy atom. The van der Waals surface area contributed by atoms with Crippen LogP contribution >= 0.6 is 12.2 Å². The van der Waals surface area contributed by atoms with E-state index in [1.54, 1.807) is 48.3 Å². The van der Waals surface area contributed by atoms with Gasteiger partial charge in [0.1, 0.15) is 10.8 Å². The zero-order chi connectivity index (χ0) is 13.1. The predicted octanol–water partition coefficient (Wildman–Crippen LogP) is 1.31. The number of rotatable bonds is 3. The minimum atomic E-state index is -0.201. The highest BCUT2D eigenvalue weighted by Crippen LogP contribution is 2.09. The fraction of sp³-hybridized carbons (Fsp3) is 0.0833. The minimum absolute atomic E-state index is 0.201. The molecule has 2 rings (SSSR count). The van der Waals surface area contributed by atoms with Gasteiger partial charge >= 0.3 is 0 Å². The molecule has 1 heterocycles. The fourth-order valence-corrected chi connectivity index (χ4v) is 1.61. The highest BCUT2D eigenvalue weighted by Gasteiger charge is 2.08. The van der Waals surface area contributed by atoms with Crippen molar-refractivity contribution in [3.8, 4) is 0 Å². The first-order valence-electron chi connectivity index (χ1n) is 5.27. The molecule has 0 saturated carbocycles. The lowest BCUT2D eigenvalue weighted by Gasteiger charge is -2.05. The highest BCUT2D eigenvalue weighted by molar-refractivity contribution is 7.80. The van der Waals surface area contributed by atoms with E-state index in [-0.39, 0.29) is 5.91 Å². The van der Waals surface area contributed by atoms with Crippen LogP contribution in [0.4, 0.5) is 5.82 Å². The van der Waals surface area contributed by atoms with Crippen molar-refractivity contribution in [2.75, 3.05) is 5.32 Å². The topological polar surface area (TPSA) is 72.9 Å². The number of aryl methyl sites for hydroxylation is 1. The van der Waals surface area contributed by atoms with Gasteiger partial charge < -0.3 is 11.1 Å². The molecule has 0 aliphatic carbocycles. The summed E-state index contributed by atoms with van der Waals surface area (Å²) >= 11 is 4.85. The van der Waals surface area contributed by atoms with E-state index in [2.05, 4.69) is 10.4 Å². The molecule has 0 saturated heterocycles. The average Bonchev–Trinajstić information content (AvgIpc) is 2.75. The molecule has 2 aromatic rings. The number of amides is 1. The number of carbonyl (C=O) groups excluding carboxylic acids is 1. The van der Waals surface area contributed by atoms with Crippen molar-refractivity contribution in [3.63, 3.8) is 0 Å². The van der Waals surface area contributed by atoms with E-state index < -0.39 is 0 Å². The first kappa shape index (κ1) is 12.3. The minimum Gasteiger partial charge on any atom is -0.389 e. The molecule has 18 heavy (non-hydrogen) atoms. The molecule has 0 aliphatic heterocycles. The molecule has 92 valence electrons. The molecule has 0 aliphatic rings. The Morgan fingerprint density at radius 2 is 1.89 bits per heavy atom. The largest absolute Gasteiger partial charge is 0.389 e. The number of carbonyl (C=O) groups is 1. The summed E-state index contributed by atoms with van der Waals surface area (Å²) in [5.41, 5.74) is 6.76. The quantitative estimate of drug-likeness (QED) is 0.816. The van der Waals surface area contributed by atoms with Crippen molar-refractivity contribution in [1.82, 2.24) is 9.78 Å². The number of benzene rings is 1. The van der Waals surface area contributed by atoms with Crippen LogP contribution in [-0.4, -0.2) is 20.7 Å². The van der Waals surface area contributed by atoms with Crippen molar-refractivity contribution in [3.05, 3.63) is 47.7 Å². The van der Waals surface area contributed by atoms with Crippen LogP contribution in [-0.2, 0) is 7.05 Å². The van der Waals surface area contributed by atoms with Gasteiger partial charge in [-0.2, -0.15) is 5.10 Å². The first-order valence-corrected chi connectivity index (χ1v) is 5.68. The summed E-state index contributed by atoms with van der Waals surface area (Å²) < 4.78 is 1.58. The number of hydrogen-bond acceptors (Lipinski definition) is 3. The third-order valence-corrected chi connectivity index (χ3v) is 2.73. The maximum absolute atomic E-state index is 11.9. The predicted molar refractivity (Wildman–Crippen MR) is 73.5 cm³/mol. The molecule has 0 spiro atoms. The summed E-state index contributed by atoms with van der Waals surface area (Å²) in [5.74, 6) is 0.437. The van der Waals surface area contributed by atoms with Crippen molar-refractivity contribution >= 4 is 28.9 Å². The molecule has 0 bridgehead atoms. The number of nitrogens with two attached hydrogens (primary N) is 1. The Labute approximate surface area is 110 Å². The standard InChI is InChI=1S/C12H12N4OS/c1-16-10(6-7-14-16)15-12(17)9-4-2-8(3-5-9)11(13)18/h2-7H,1H3,(H2,13,18)(H,15,17).